The third-order valence-corrected chi connectivity index (χ3v) is 3.96. The molecule has 1 aliphatic carbocycles. The Balaban J connectivity index is 2.16. The largest absolute Gasteiger partial charge is 0.310 e. The molecule has 2 rings (SSSR count). The number of hydrogen-bond acceptors (Lipinski definition) is 2. The number of aromatic nitrogens is 1. The summed E-state index contributed by atoms with van der Waals surface area (Å²) in [6, 6.07) is 1.88. The van der Waals surface area contributed by atoms with Crippen molar-refractivity contribution in [2.45, 2.75) is 45.6 Å². The summed E-state index contributed by atoms with van der Waals surface area (Å²) in [5.74, 6) is 1.16. The lowest BCUT2D eigenvalue weighted by Crippen LogP contribution is -2.31. The van der Waals surface area contributed by atoms with Crippen molar-refractivity contribution in [3.05, 3.63) is 29.8 Å². The first-order chi connectivity index (χ1) is 8.70. The maximum Gasteiger partial charge on any atom is 0.141 e. The van der Waals surface area contributed by atoms with Crippen molar-refractivity contribution >= 4 is 0 Å². The Morgan fingerprint density at radius 1 is 1.44 bits per heavy atom. The number of nitrogens with one attached hydrogen (secondary N) is 1. The Bertz CT molecular complexity index is 381. The summed E-state index contributed by atoms with van der Waals surface area (Å²) in [7, 11) is 0. The average molecular weight is 250 g/mol. The van der Waals surface area contributed by atoms with Gasteiger partial charge in [-0.25, -0.2) is 4.39 Å². The highest BCUT2D eigenvalue weighted by Gasteiger charge is 2.27. The zero-order valence-corrected chi connectivity index (χ0v) is 11.3. The number of rotatable bonds is 4. The van der Waals surface area contributed by atoms with E-state index in [9.17, 15) is 4.39 Å². The average Bonchev–Trinajstić information content (AvgIpc) is 2.36. The van der Waals surface area contributed by atoms with Gasteiger partial charge in [-0.05, 0) is 42.9 Å². The molecule has 1 aromatic rings. The van der Waals surface area contributed by atoms with Gasteiger partial charge in [0.15, 0.2) is 0 Å². The van der Waals surface area contributed by atoms with Crippen LogP contribution in [0.25, 0.3) is 0 Å². The second kappa shape index (κ2) is 6.28. The van der Waals surface area contributed by atoms with Crippen LogP contribution in [0.5, 0.6) is 0 Å². The van der Waals surface area contributed by atoms with Gasteiger partial charge in [-0.2, -0.15) is 0 Å². The van der Waals surface area contributed by atoms with E-state index in [4.69, 9.17) is 0 Å². The van der Waals surface area contributed by atoms with Crippen molar-refractivity contribution in [3.63, 3.8) is 0 Å². The lowest BCUT2D eigenvalue weighted by atomic mass is 9.77. The van der Waals surface area contributed by atoms with Crippen molar-refractivity contribution in [2.75, 3.05) is 6.54 Å². The minimum atomic E-state index is -0.237. The Morgan fingerprint density at radius 2 is 2.28 bits per heavy atom. The molecule has 100 valence electrons. The Labute approximate surface area is 109 Å². The van der Waals surface area contributed by atoms with Crippen LogP contribution in [0.15, 0.2) is 18.5 Å². The Morgan fingerprint density at radius 3 is 2.94 bits per heavy atom. The second-order valence-corrected chi connectivity index (χ2v) is 5.50. The van der Waals surface area contributed by atoms with E-state index in [-0.39, 0.29) is 11.9 Å². The minimum Gasteiger partial charge on any atom is -0.310 e. The van der Waals surface area contributed by atoms with Crippen LogP contribution in [0.1, 0.15) is 51.1 Å². The van der Waals surface area contributed by atoms with Crippen LogP contribution in [0.2, 0.25) is 0 Å². The van der Waals surface area contributed by atoms with Gasteiger partial charge < -0.3 is 5.32 Å². The van der Waals surface area contributed by atoms with Crippen LogP contribution in [-0.4, -0.2) is 11.5 Å². The fourth-order valence-electron chi connectivity index (χ4n) is 3.16. The molecule has 0 bridgehead atoms. The van der Waals surface area contributed by atoms with E-state index in [0.29, 0.717) is 5.92 Å². The third-order valence-electron chi connectivity index (χ3n) is 3.96. The molecule has 1 heterocycles. The third kappa shape index (κ3) is 3.29. The molecular formula is C15H23FN2. The van der Waals surface area contributed by atoms with E-state index in [1.54, 1.807) is 12.3 Å². The van der Waals surface area contributed by atoms with Gasteiger partial charge in [0.1, 0.15) is 5.82 Å². The van der Waals surface area contributed by atoms with Crippen LogP contribution in [0, 0.1) is 17.7 Å². The summed E-state index contributed by atoms with van der Waals surface area (Å²) in [5.41, 5.74) is 0.996. The van der Waals surface area contributed by atoms with Gasteiger partial charge in [0, 0.05) is 12.2 Å². The van der Waals surface area contributed by atoms with Gasteiger partial charge in [-0.3, -0.25) is 4.98 Å². The lowest BCUT2D eigenvalue weighted by molar-refractivity contribution is 0.225. The summed E-state index contributed by atoms with van der Waals surface area (Å²) in [6.07, 6.45) is 8.16. The number of hydrogen-bond donors (Lipinski definition) is 1. The highest BCUT2D eigenvalue weighted by molar-refractivity contribution is 5.16. The van der Waals surface area contributed by atoms with Crippen LogP contribution in [-0.2, 0) is 0 Å². The molecule has 0 aliphatic heterocycles. The minimum absolute atomic E-state index is 0.237. The standard InChI is InChI=1S/C15H23FN2/c1-3-18-15(12-6-4-5-11(2)7-12)13-8-14(16)10-17-9-13/h8-12,15,18H,3-7H2,1-2H3. The van der Waals surface area contributed by atoms with Crippen molar-refractivity contribution in [3.8, 4) is 0 Å². The lowest BCUT2D eigenvalue weighted by Gasteiger charge is -2.34. The van der Waals surface area contributed by atoms with E-state index >= 15 is 0 Å². The molecule has 3 atom stereocenters. The summed E-state index contributed by atoms with van der Waals surface area (Å²) in [4.78, 5) is 3.99. The molecule has 0 spiro atoms. The molecule has 1 N–H and O–H groups in total. The quantitative estimate of drug-likeness (QED) is 0.881. The Kier molecular flexibility index (Phi) is 4.70. The smallest absolute Gasteiger partial charge is 0.141 e. The van der Waals surface area contributed by atoms with E-state index in [1.165, 1.54) is 31.9 Å². The van der Waals surface area contributed by atoms with E-state index in [1.807, 2.05) is 0 Å². The summed E-state index contributed by atoms with van der Waals surface area (Å²) < 4.78 is 13.3. The molecule has 1 fully saturated rings. The topological polar surface area (TPSA) is 24.9 Å². The maximum atomic E-state index is 13.3. The normalized spacial score (nSPS) is 25.9. The first-order valence-electron chi connectivity index (χ1n) is 7.04. The number of pyridine rings is 1. The first-order valence-corrected chi connectivity index (χ1v) is 7.04. The maximum absolute atomic E-state index is 13.3. The number of halogens is 1. The monoisotopic (exact) mass is 250 g/mol. The fourth-order valence-corrected chi connectivity index (χ4v) is 3.16. The molecule has 3 unspecified atom stereocenters. The highest BCUT2D eigenvalue weighted by Crippen LogP contribution is 2.36. The predicted octanol–water partition coefficient (Wildman–Crippen LogP) is 3.70. The highest BCUT2D eigenvalue weighted by atomic mass is 19.1. The van der Waals surface area contributed by atoms with Crippen LogP contribution in [0.4, 0.5) is 4.39 Å². The number of nitrogens with zero attached hydrogens (tertiary/aromatic N) is 1. The molecule has 1 aliphatic rings. The molecule has 0 saturated heterocycles. The van der Waals surface area contributed by atoms with Crippen LogP contribution >= 0.6 is 0 Å². The summed E-state index contributed by atoms with van der Waals surface area (Å²) in [5, 5.41) is 3.51. The van der Waals surface area contributed by atoms with Gasteiger partial charge in [-0.1, -0.05) is 26.7 Å². The molecule has 3 heteroatoms. The second-order valence-electron chi connectivity index (χ2n) is 5.50. The van der Waals surface area contributed by atoms with Gasteiger partial charge in [0.05, 0.1) is 6.20 Å². The van der Waals surface area contributed by atoms with Gasteiger partial charge in [0.25, 0.3) is 0 Å². The van der Waals surface area contributed by atoms with Gasteiger partial charge in [-0.15, -0.1) is 0 Å². The molecular weight excluding hydrogens is 227 g/mol. The van der Waals surface area contributed by atoms with Gasteiger partial charge >= 0.3 is 0 Å². The molecule has 0 radical (unpaired) electrons. The molecule has 0 amide bonds. The molecule has 0 aromatic carbocycles. The van der Waals surface area contributed by atoms with Gasteiger partial charge in [0.2, 0.25) is 0 Å². The first kappa shape index (κ1) is 13.5. The van der Waals surface area contributed by atoms with E-state index in [0.717, 1.165) is 18.0 Å². The van der Waals surface area contributed by atoms with Crippen molar-refractivity contribution in [1.82, 2.24) is 10.3 Å². The fraction of sp³-hybridized carbons (Fsp3) is 0.667. The molecule has 18 heavy (non-hydrogen) atoms. The molecule has 1 aromatic heterocycles. The SMILES string of the molecule is CCNC(c1cncc(F)c1)C1CCCC(C)C1. The molecule has 1 saturated carbocycles. The Hall–Kier alpha value is -0.960. The van der Waals surface area contributed by atoms with Crippen molar-refractivity contribution in [2.24, 2.45) is 11.8 Å². The van der Waals surface area contributed by atoms with Crippen LogP contribution < -0.4 is 5.32 Å². The summed E-state index contributed by atoms with van der Waals surface area (Å²) in [6.45, 7) is 5.33. The van der Waals surface area contributed by atoms with Crippen LogP contribution in [0.3, 0.4) is 0 Å². The predicted molar refractivity (Wildman–Crippen MR) is 71.7 cm³/mol. The van der Waals surface area contributed by atoms with E-state index < -0.39 is 0 Å². The van der Waals surface area contributed by atoms with E-state index in [2.05, 4.69) is 24.1 Å². The summed E-state index contributed by atoms with van der Waals surface area (Å²) >= 11 is 0. The molecule has 2 nitrogen and oxygen atoms in total. The zero-order chi connectivity index (χ0) is 13.0. The zero-order valence-electron chi connectivity index (χ0n) is 11.3. The van der Waals surface area contributed by atoms with Crippen molar-refractivity contribution < 1.29 is 4.39 Å². The van der Waals surface area contributed by atoms with Crippen molar-refractivity contribution in [1.29, 1.82) is 0 Å².